The number of ether oxygens (including phenoxy) is 1. The van der Waals surface area contributed by atoms with Crippen LogP contribution in [0.5, 0.6) is 5.75 Å². The van der Waals surface area contributed by atoms with Gasteiger partial charge in [0.25, 0.3) is 0 Å². The fourth-order valence-corrected chi connectivity index (χ4v) is 2.39. The van der Waals surface area contributed by atoms with E-state index in [2.05, 4.69) is 17.3 Å². The van der Waals surface area contributed by atoms with Crippen LogP contribution >= 0.6 is 11.6 Å². The zero-order valence-electron chi connectivity index (χ0n) is 12.1. The molecule has 0 atom stereocenters. The summed E-state index contributed by atoms with van der Waals surface area (Å²) in [5.41, 5.74) is 2.97. The summed E-state index contributed by atoms with van der Waals surface area (Å²) in [6.07, 6.45) is 0.843. The highest BCUT2D eigenvalue weighted by molar-refractivity contribution is 6.31. The highest BCUT2D eigenvalue weighted by Gasteiger charge is 2.12. The molecule has 108 valence electrons. The van der Waals surface area contributed by atoms with Crippen molar-refractivity contribution in [2.24, 2.45) is 7.05 Å². The molecule has 0 amide bonds. The van der Waals surface area contributed by atoms with Crippen molar-refractivity contribution >= 4 is 17.3 Å². The molecule has 20 heavy (non-hydrogen) atoms. The maximum atomic E-state index is 6.32. The summed E-state index contributed by atoms with van der Waals surface area (Å²) >= 11 is 6.32. The standard InChI is InChI=1S/C15H20ClN3O/c1-4-13-15(16)14(19(3)18-13)10-17-11-6-8-12(9-7-11)20-5-2/h6-9,17H,4-5,10H2,1-3H3. The highest BCUT2D eigenvalue weighted by atomic mass is 35.5. The van der Waals surface area contributed by atoms with Crippen molar-refractivity contribution in [3.8, 4) is 5.75 Å². The molecular formula is C15H20ClN3O. The summed E-state index contributed by atoms with van der Waals surface area (Å²) in [5.74, 6) is 0.880. The average molecular weight is 294 g/mol. The second-order valence-electron chi connectivity index (χ2n) is 4.50. The maximum absolute atomic E-state index is 6.32. The van der Waals surface area contributed by atoms with Crippen LogP contribution in [0, 0.1) is 0 Å². The lowest BCUT2D eigenvalue weighted by Gasteiger charge is -2.08. The SMILES string of the molecule is CCOc1ccc(NCc2c(Cl)c(CC)nn2C)cc1. The molecule has 1 heterocycles. The Bertz CT molecular complexity index is 563. The summed E-state index contributed by atoms with van der Waals surface area (Å²) in [4.78, 5) is 0. The van der Waals surface area contributed by atoms with Gasteiger partial charge in [-0.25, -0.2) is 0 Å². The number of aromatic nitrogens is 2. The largest absolute Gasteiger partial charge is 0.494 e. The molecule has 0 spiro atoms. The van der Waals surface area contributed by atoms with Crippen molar-refractivity contribution in [3.63, 3.8) is 0 Å². The molecule has 1 N–H and O–H groups in total. The predicted molar refractivity (Wildman–Crippen MR) is 82.5 cm³/mol. The molecule has 0 saturated carbocycles. The van der Waals surface area contributed by atoms with Crippen LogP contribution in [0.25, 0.3) is 0 Å². The highest BCUT2D eigenvalue weighted by Crippen LogP contribution is 2.22. The van der Waals surface area contributed by atoms with Gasteiger partial charge in [0.05, 0.1) is 29.6 Å². The average Bonchev–Trinajstić information content (AvgIpc) is 2.73. The first-order valence-corrected chi connectivity index (χ1v) is 7.20. The van der Waals surface area contributed by atoms with Gasteiger partial charge >= 0.3 is 0 Å². The number of rotatable bonds is 6. The number of aryl methyl sites for hydroxylation is 2. The van der Waals surface area contributed by atoms with E-state index in [1.165, 1.54) is 0 Å². The first kappa shape index (κ1) is 14.7. The summed E-state index contributed by atoms with van der Waals surface area (Å²) in [7, 11) is 1.92. The van der Waals surface area contributed by atoms with Crippen LogP contribution in [0.4, 0.5) is 5.69 Å². The minimum absolute atomic E-state index is 0.649. The third-order valence-electron chi connectivity index (χ3n) is 3.13. The van der Waals surface area contributed by atoms with Crippen LogP contribution in [-0.2, 0) is 20.0 Å². The Labute approximate surface area is 124 Å². The van der Waals surface area contributed by atoms with Crippen molar-refractivity contribution < 1.29 is 4.74 Å². The monoisotopic (exact) mass is 293 g/mol. The van der Waals surface area contributed by atoms with E-state index in [-0.39, 0.29) is 0 Å². The van der Waals surface area contributed by atoms with Crippen LogP contribution < -0.4 is 10.1 Å². The lowest BCUT2D eigenvalue weighted by atomic mass is 10.2. The van der Waals surface area contributed by atoms with E-state index in [0.29, 0.717) is 13.2 Å². The van der Waals surface area contributed by atoms with Gasteiger partial charge in [0, 0.05) is 12.7 Å². The molecule has 0 bridgehead atoms. The molecule has 0 saturated heterocycles. The van der Waals surface area contributed by atoms with Crippen LogP contribution in [0.2, 0.25) is 5.02 Å². The van der Waals surface area contributed by atoms with Gasteiger partial charge < -0.3 is 10.1 Å². The Kier molecular flexibility index (Phi) is 4.90. The van der Waals surface area contributed by atoms with Gasteiger partial charge in [-0.15, -0.1) is 0 Å². The number of nitrogens with one attached hydrogen (secondary N) is 1. The normalized spacial score (nSPS) is 10.6. The zero-order valence-corrected chi connectivity index (χ0v) is 12.9. The minimum atomic E-state index is 0.649. The van der Waals surface area contributed by atoms with Crippen molar-refractivity contribution in [2.75, 3.05) is 11.9 Å². The fraction of sp³-hybridized carbons (Fsp3) is 0.400. The van der Waals surface area contributed by atoms with Crippen molar-refractivity contribution in [2.45, 2.75) is 26.8 Å². The van der Waals surface area contributed by atoms with Crippen molar-refractivity contribution in [3.05, 3.63) is 40.7 Å². The molecule has 2 rings (SSSR count). The molecule has 0 aliphatic heterocycles. The number of hydrogen-bond donors (Lipinski definition) is 1. The zero-order chi connectivity index (χ0) is 14.5. The predicted octanol–water partition coefficient (Wildman–Crippen LogP) is 3.65. The smallest absolute Gasteiger partial charge is 0.119 e. The Balaban J connectivity index is 2.03. The van der Waals surface area contributed by atoms with Crippen LogP contribution in [-0.4, -0.2) is 16.4 Å². The molecule has 1 aromatic carbocycles. The number of hydrogen-bond acceptors (Lipinski definition) is 3. The Morgan fingerprint density at radius 1 is 1.25 bits per heavy atom. The molecule has 4 nitrogen and oxygen atoms in total. The van der Waals surface area contributed by atoms with Crippen molar-refractivity contribution in [1.82, 2.24) is 9.78 Å². The Morgan fingerprint density at radius 2 is 1.95 bits per heavy atom. The molecule has 0 radical (unpaired) electrons. The summed E-state index contributed by atoms with van der Waals surface area (Å²) in [6.45, 7) is 5.35. The summed E-state index contributed by atoms with van der Waals surface area (Å²) < 4.78 is 7.25. The number of benzene rings is 1. The number of nitrogens with zero attached hydrogens (tertiary/aromatic N) is 2. The molecule has 1 aromatic heterocycles. The molecule has 0 aliphatic carbocycles. The lowest BCUT2D eigenvalue weighted by molar-refractivity contribution is 0.340. The second-order valence-corrected chi connectivity index (χ2v) is 4.87. The molecule has 0 aliphatic rings. The van der Waals surface area contributed by atoms with E-state index in [1.54, 1.807) is 0 Å². The number of anilines is 1. The van der Waals surface area contributed by atoms with E-state index in [0.717, 1.165) is 34.3 Å². The van der Waals surface area contributed by atoms with Crippen LogP contribution in [0.1, 0.15) is 25.2 Å². The van der Waals surface area contributed by atoms with Crippen molar-refractivity contribution in [1.29, 1.82) is 0 Å². The van der Waals surface area contributed by atoms with E-state index in [1.807, 2.05) is 42.9 Å². The molecule has 2 aromatic rings. The van der Waals surface area contributed by atoms with E-state index in [9.17, 15) is 0 Å². The Hall–Kier alpha value is -1.68. The van der Waals surface area contributed by atoms with Gasteiger partial charge in [0.15, 0.2) is 0 Å². The van der Waals surface area contributed by atoms with E-state index >= 15 is 0 Å². The van der Waals surface area contributed by atoms with Gasteiger partial charge in [-0.1, -0.05) is 18.5 Å². The van der Waals surface area contributed by atoms with E-state index in [4.69, 9.17) is 16.3 Å². The third kappa shape index (κ3) is 3.25. The van der Waals surface area contributed by atoms with Gasteiger partial charge in [-0.05, 0) is 37.6 Å². The molecular weight excluding hydrogens is 274 g/mol. The molecule has 5 heteroatoms. The quantitative estimate of drug-likeness (QED) is 0.883. The van der Waals surface area contributed by atoms with Crippen LogP contribution in [0.15, 0.2) is 24.3 Å². The first-order chi connectivity index (χ1) is 9.65. The first-order valence-electron chi connectivity index (χ1n) is 6.82. The topological polar surface area (TPSA) is 39.1 Å². The maximum Gasteiger partial charge on any atom is 0.119 e. The molecule has 0 unspecified atom stereocenters. The summed E-state index contributed by atoms with van der Waals surface area (Å²) in [6, 6.07) is 7.90. The fourth-order valence-electron chi connectivity index (χ4n) is 2.03. The summed E-state index contributed by atoms with van der Waals surface area (Å²) in [5, 5.41) is 8.51. The van der Waals surface area contributed by atoms with Gasteiger partial charge in [-0.3, -0.25) is 4.68 Å². The van der Waals surface area contributed by atoms with E-state index < -0.39 is 0 Å². The van der Waals surface area contributed by atoms with Gasteiger partial charge in [0.2, 0.25) is 0 Å². The lowest BCUT2D eigenvalue weighted by Crippen LogP contribution is -2.05. The van der Waals surface area contributed by atoms with Crippen LogP contribution in [0.3, 0.4) is 0 Å². The Morgan fingerprint density at radius 3 is 2.50 bits per heavy atom. The third-order valence-corrected chi connectivity index (χ3v) is 3.56. The second kappa shape index (κ2) is 6.66. The number of halogens is 1. The van der Waals surface area contributed by atoms with Gasteiger partial charge in [-0.2, -0.15) is 5.10 Å². The minimum Gasteiger partial charge on any atom is -0.494 e. The molecule has 0 fully saturated rings. The van der Waals surface area contributed by atoms with Gasteiger partial charge in [0.1, 0.15) is 5.75 Å².